The van der Waals surface area contributed by atoms with Crippen LogP contribution in [-0.2, 0) is 9.89 Å². The Hall–Kier alpha value is -2.48. The van der Waals surface area contributed by atoms with Gasteiger partial charge in [0.2, 0.25) is 0 Å². The van der Waals surface area contributed by atoms with Crippen molar-refractivity contribution in [2.45, 2.75) is 66.0 Å². The summed E-state index contributed by atoms with van der Waals surface area (Å²) in [6.45, 7) is 15.9. The molecular formula is C31H40NO2P. The van der Waals surface area contributed by atoms with Gasteiger partial charge in [-0.15, -0.1) is 0 Å². The van der Waals surface area contributed by atoms with Crippen molar-refractivity contribution in [3.05, 3.63) is 88.5 Å². The van der Waals surface area contributed by atoms with Crippen LogP contribution >= 0.6 is 8.58 Å². The molecule has 3 nitrogen and oxygen atoms in total. The van der Waals surface area contributed by atoms with Crippen molar-refractivity contribution in [1.82, 2.24) is 0 Å². The Labute approximate surface area is 213 Å². The summed E-state index contributed by atoms with van der Waals surface area (Å²) in [6.07, 6.45) is 1.06. The summed E-state index contributed by atoms with van der Waals surface area (Å²) in [4.78, 5) is 4.93. The molecule has 0 aliphatic rings. The van der Waals surface area contributed by atoms with E-state index in [9.17, 15) is 0 Å². The summed E-state index contributed by atoms with van der Waals surface area (Å²) in [7, 11) is 2.23. The molecule has 35 heavy (non-hydrogen) atoms. The van der Waals surface area contributed by atoms with Crippen LogP contribution in [0.1, 0.15) is 74.8 Å². The van der Waals surface area contributed by atoms with Gasteiger partial charge in [0.05, 0.1) is 5.69 Å². The van der Waals surface area contributed by atoms with Crippen molar-refractivity contribution in [3.63, 3.8) is 0 Å². The summed E-state index contributed by atoms with van der Waals surface area (Å²) in [5, 5.41) is 1.23. The van der Waals surface area contributed by atoms with E-state index in [4.69, 9.17) is 14.5 Å². The minimum absolute atomic E-state index is 0.134. The molecule has 0 aliphatic carbocycles. The van der Waals surface area contributed by atoms with E-state index in [1.807, 2.05) is 30.3 Å². The smallest absolute Gasteiger partial charge is 0.188 e. The first-order valence-corrected chi connectivity index (χ1v) is 13.4. The lowest BCUT2D eigenvalue weighted by Gasteiger charge is -2.32. The van der Waals surface area contributed by atoms with E-state index in [-0.39, 0.29) is 11.9 Å². The van der Waals surface area contributed by atoms with Crippen LogP contribution in [0.15, 0.2) is 65.7 Å². The molecule has 0 amide bonds. The Morgan fingerprint density at radius 3 is 2.40 bits per heavy atom. The predicted molar refractivity (Wildman–Crippen MR) is 153 cm³/mol. The Balaban J connectivity index is 2.10. The largest absolute Gasteiger partial charge is 0.467 e. The van der Waals surface area contributed by atoms with Gasteiger partial charge < -0.3 is 9.47 Å². The predicted octanol–water partition coefficient (Wildman–Crippen LogP) is 8.18. The van der Waals surface area contributed by atoms with E-state index in [0.29, 0.717) is 14.5 Å². The Kier molecular flexibility index (Phi) is 9.27. The van der Waals surface area contributed by atoms with E-state index >= 15 is 0 Å². The molecule has 2 unspecified atom stereocenters. The van der Waals surface area contributed by atoms with Crippen molar-refractivity contribution in [2.24, 2.45) is 4.99 Å². The van der Waals surface area contributed by atoms with Crippen LogP contribution in [0.25, 0.3) is 0 Å². The van der Waals surface area contributed by atoms with Gasteiger partial charge in [-0.2, -0.15) is 0 Å². The molecule has 0 spiro atoms. The van der Waals surface area contributed by atoms with E-state index in [1.165, 1.54) is 33.1 Å². The quantitative estimate of drug-likeness (QED) is 0.163. The lowest BCUT2D eigenvalue weighted by molar-refractivity contribution is 0.0491. The van der Waals surface area contributed by atoms with Gasteiger partial charge in [-0.3, -0.25) is 4.99 Å². The molecule has 0 aliphatic heterocycles. The number of benzene rings is 3. The lowest BCUT2D eigenvalue weighted by Crippen LogP contribution is -2.22. The Morgan fingerprint density at radius 1 is 1.03 bits per heavy atom. The average Bonchev–Trinajstić information content (AvgIpc) is 2.84. The normalized spacial score (nSPS) is 13.4. The second kappa shape index (κ2) is 12.0. The van der Waals surface area contributed by atoms with E-state index in [2.05, 4.69) is 78.8 Å². The van der Waals surface area contributed by atoms with E-state index in [1.54, 1.807) is 7.11 Å². The summed E-state index contributed by atoms with van der Waals surface area (Å²) < 4.78 is 11.6. The highest BCUT2D eigenvalue weighted by Gasteiger charge is 2.30. The van der Waals surface area contributed by atoms with Crippen molar-refractivity contribution in [1.29, 1.82) is 0 Å². The zero-order valence-electron chi connectivity index (χ0n) is 22.5. The fourth-order valence-electron chi connectivity index (χ4n) is 4.40. The molecule has 0 saturated heterocycles. The second-order valence-electron chi connectivity index (χ2n) is 9.87. The van der Waals surface area contributed by atoms with Gasteiger partial charge in [0.25, 0.3) is 0 Å². The summed E-state index contributed by atoms with van der Waals surface area (Å²) in [5.41, 5.74) is 8.31. The summed E-state index contributed by atoms with van der Waals surface area (Å²) in [5.74, 6) is 1.39. The van der Waals surface area contributed by atoms with Crippen LogP contribution < -0.4 is 10.0 Å². The Morgan fingerprint density at radius 2 is 1.74 bits per heavy atom. The van der Waals surface area contributed by atoms with Crippen molar-refractivity contribution >= 4 is 25.3 Å². The van der Waals surface area contributed by atoms with Crippen molar-refractivity contribution in [3.8, 4) is 5.75 Å². The standard InChI is InChI=1S/C31H40NO2P/c1-9-22(3)27-18-21(2)19-28(29(27)34-20-33-8)31(6,7)35-30-23(4)14-13-17-26(30)24(5)32-25-15-11-10-12-16-25/h10-19,22,35H,9,20H2,1-8H3. The maximum atomic E-state index is 6.26. The summed E-state index contributed by atoms with van der Waals surface area (Å²) in [6, 6.07) is 21.3. The van der Waals surface area contributed by atoms with Gasteiger partial charge in [-0.1, -0.05) is 90.4 Å². The fraction of sp³-hybridized carbons (Fsp3) is 0.387. The summed E-state index contributed by atoms with van der Waals surface area (Å²) >= 11 is 0. The third-order valence-electron chi connectivity index (χ3n) is 6.55. The van der Waals surface area contributed by atoms with Gasteiger partial charge in [-0.05, 0) is 61.7 Å². The van der Waals surface area contributed by atoms with Crippen molar-refractivity contribution in [2.75, 3.05) is 13.9 Å². The highest BCUT2D eigenvalue weighted by Crippen LogP contribution is 2.48. The monoisotopic (exact) mass is 489 g/mol. The topological polar surface area (TPSA) is 30.8 Å². The number of methoxy groups -OCH3 is 1. The number of ether oxygens (including phenoxy) is 2. The number of aliphatic imine (C=N–C) groups is 1. The number of hydrogen-bond donors (Lipinski definition) is 0. The molecule has 0 N–H and O–H groups in total. The van der Waals surface area contributed by atoms with Gasteiger partial charge in [0.1, 0.15) is 5.75 Å². The molecule has 0 heterocycles. The van der Waals surface area contributed by atoms with Gasteiger partial charge >= 0.3 is 0 Å². The van der Waals surface area contributed by atoms with Crippen LogP contribution in [0.4, 0.5) is 5.69 Å². The SMILES string of the molecule is CCC(C)c1cc(C)cc(C(C)(C)Pc2c(C)cccc2C(C)=Nc2ccccc2)c1OCOC. The Bertz CT molecular complexity index is 1170. The molecular weight excluding hydrogens is 449 g/mol. The maximum Gasteiger partial charge on any atom is 0.188 e. The molecule has 3 aromatic carbocycles. The third-order valence-corrected chi connectivity index (χ3v) is 8.36. The van der Waals surface area contributed by atoms with Crippen molar-refractivity contribution < 1.29 is 9.47 Å². The van der Waals surface area contributed by atoms with Crippen LogP contribution in [0.3, 0.4) is 0 Å². The molecule has 0 bridgehead atoms. The number of nitrogens with zero attached hydrogens (tertiary/aromatic N) is 1. The fourth-order valence-corrected chi connectivity index (χ4v) is 6.03. The average molecular weight is 490 g/mol. The number of hydrogen-bond acceptors (Lipinski definition) is 3. The molecule has 0 radical (unpaired) electrons. The molecule has 2 atom stereocenters. The number of aryl methyl sites for hydroxylation is 2. The maximum absolute atomic E-state index is 6.26. The van der Waals surface area contributed by atoms with Gasteiger partial charge in [0, 0.05) is 29.1 Å². The highest BCUT2D eigenvalue weighted by atomic mass is 31.1. The molecule has 4 heteroatoms. The highest BCUT2D eigenvalue weighted by molar-refractivity contribution is 7.48. The van der Waals surface area contributed by atoms with Crippen LogP contribution in [0.5, 0.6) is 5.75 Å². The van der Waals surface area contributed by atoms with Gasteiger partial charge in [-0.25, -0.2) is 0 Å². The van der Waals surface area contributed by atoms with E-state index in [0.717, 1.165) is 23.6 Å². The lowest BCUT2D eigenvalue weighted by atomic mass is 9.89. The first-order valence-electron chi connectivity index (χ1n) is 12.4. The minimum atomic E-state index is -0.134. The van der Waals surface area contributed by atoms with E-state index < -0.39 is 0 Å². The molecule has 3 aromatic rings. The van der Waals surface area contributed by atoms with Crippen LogP contribution in [0, 0.1) is 13.8 Å². The second-order valence-corrected chi connectivity index (χ2v) is 11.9. The molecule has 0 saturated carbocycles. The van der Waals surface area contributed by atoms with Crippen LogP contribution in [-0.4, -0.2) is 19.6 Å². The van der Waals surface area contributed by atoms with Crippen LogP contribution in [0.2, 0.25) is 0 Å². The first-order chi connectivity index (χ1) is 16.7. The molecule has 186 valence electrons. The molecule has 0 aromatic heterocycles. The zero-order valence-corrected chi connectivity index (χ0v) is 23.5. The number of rotatable bonds is 10. The third kappa shape index (κ3) is 6.60. The zero-order chi connectivity index (χ0) is 25.6. The minimum Gasteiger partial charge on any atom is -0.467 e. The number of para-hydroxylation sites is 1. The molecule has 3 rings (SSSR count). The van der Waals surface area contributed by atoms with Gasteiger partial charge in [0.15, 0.2) is 6.79 Å². The first kappa shape index (κ1) is 27.1. The molecule has 0 fully saturated rings.